The molecule has 3 heteroatoms. The summed E-state index contributed by atoms with van der Waals surface area (Å²) < 4.78 is 0.648. The van der Waals surface area contributed by atoms with Crippen LogP contribution in [0, 0.1) is 6.92 Å². The maximum absolute atomic E-state index is 5.07. The van der Waals surface area contributed by atoms with Crippen molar-refractivity contribution in [1.82, 2.24) is 4.98 Å². The van der Waals surface area contributed by atoms with Gasteiger partial charge in [-0.2, -0.15) is 0 Å². The smallest absolute Gasteiger partial charge is 0.0772 e. The monoisotopic (exact) mass is 207 g/mol. The van der Waals surface area contributed by atoms with Crippen molar-refractivity contribution >= 4 is 39.9 Å². The van der Waals surface area contributed by atoms with Crippen LogP contribution in [0.1, 0.15) is 11.3 Å². The van der Waals surface area contributed by atoms with Gasteiger partial charge in [-0.15, -0.1) is 12.6 Å². The van der Waals surface area contributed by atoms with Crippen LogP contribution in [0.25, 0.3) is 10.9 Å². The molecule has 66 valence electrons. The van der Waals surface area contributed by atoms with Gasteiger partial charge in [-0.05, 0) is 13.0 Å². The van der Waals surface area contributed by atoms with E-state index in [0.29, 0.717) is 4.20 Å². The normalized spacial score (nSPS) is 10.6. The zero-order chi connectivity index (χ0) is 9.42. The fraction of sp³-hybridized carbons (Fsp3) is 0.100. The molecule has 1 aromatic heterocycles. The van der Waals surface area contributed by atoms with E-state index in [1.165, 1.54) is 0 Å². The van der Waals surface area contributed by atoms with Crippen molar-refractivity contribution in [2.45, 2.75) is 6.92 Å². The molecule has 0 amide bonds. The van der Waals surface area contributed by atoms with Gasteiger partial charge in [0, 0.05) is 22.2 Å². The quantitative estimate of drug-likeness (QED) is 0.542. The molecule has 13 heavy (non-hydrogen) atoms. The molecule has 0 spiro atoms. The minimum absolute atomic E-state index is 0.648. The summed E-state index contributed by atoms with van der Waals surface area (Å²) in [5.74, 6) is 0. The van der Waals surface area contributed by atoms with E-state index < -0.39 is 0 Å². The van der Waals surface area contributed by atoms with Gasteiger partial charge in [0.05, 0.1) is 4.20 Å². The summed E-state index contributed by atoms with van der Waals surface area (Å²) in [5, 5.41) is 1.15. The number of hydrogen-bond donors (Lipinski definition) is 2. The highest BCUT2D eigenvalue weighted by atomic mass is 32.1. The number of thiocarbonyl (C=S) groups is 1. The lowest BCUT2D eigenvalue weighted by atomic mass is 10.1. The Morgan fingerprint density at radius 1 is 1.38 bits per heavy atom. The molecule has 0 saturated carbocycles. The van der Waals surface area contributed by atoms with Crippen molar-refractivity contribution < 1.29 is 0 Å². The molecule has 0 aliphatic rings. The Balaban J connectivity index is 2.86. The molecule has 0 fully saturated rings. The lowest BCUT2D eigenvalue weighted by Gasteiger charge is -1.95. The first-order chi connectivity index (χ1) is 6.20. The Morgan fingerprint density at radius 3 is 2.77 bits per heavy atom. The molecule has 1 aromatic carbocycles. The van der Waals surface area contributed by atoms with E-state index >= 15 is 0 Å². The summed E-state index contributed by atoms with van der Waals surface area (Å²) in [6.45, 7) is 2.01. The number of benzene rings is 1. The Kier molecular flexibility index (Phi) is 2.14. The largest absolute Gasteiger partial charge is 0.358 e. The molecule has 0 aliphatic carbocycles. The number of rotatable bonds is 1. The van der Waals surface area contributed by atoms with Gasteiger partial charge in [0.2, 0.25) is 0 Å². The van der Waals surface area contributed by atoms with Gasteiger partial charge in [0.15, 0.2) is 0 Å². The molecule has 1 N–H and O–H groups in total. The minimum Gasteiger partial charge on any atom is -0.358 e. The van der Waals surface area contributed by atoms with Crippen LogP contribution in [0.15, 0.2) is 24.3 Å². The molecule has 0 saturated heterocycles. The topological polar surface area (TPSA) is 15.8 Å². The third-order valence-corrected chi connectivity index (χ3v) is 2.54. The molecule has 2 aromatic rings. The zero-order valence-corrected chi connectivity index (χ0v) is 8.88. The van der Waals surface area contributed by atoms with Crippen LogP contribution in [-0.2, 0) is 0 Å². The molecular formula is C10H9NS2. The number of H-pyrrole nitrogens is 1. The Hall–Kier alpha value is -0.800. The van der Waals surface area contributed by atoms with Crippen LogP contribution in [-0.4, -0.2) is 9.18 Å². The molecule has 0 aliphatic heterocycles. The second kappa shape index (κ2) is 3.16. The second-order valence-corrected chi connectivity index (χ2v) is 4.13. The van der Waals surface area contributed by atoms with Crippen LogP contribution < -0.4 is 0 Å². The molecule has 2 rings (SSSR count). The summed E-state index contributed by atoms with van der Waals surface area (Å²) in [7, 11) is 0. The average Bonchev–Trinajstić information content (AvgIpc) is 2.39. The second-order valence-electron chi connectivity index (χ2n) is 2.98. The van der Waals surface area contributed by atoms with Gasteiger partial charge in [-0.3, -0.25) is 0 Å². The van der Waals surface area contributed by atoms with Gasteiger partial charge in [-0.1, -0.05) is 30.4 Å². The summed E-state index contributed by atoms with van der Waals surface area (Å²) in [4.78, 5) is 3.27. The third-order valence-electron chi connectivity index (χ3n) is 2.11. The molecule has 0 atom stereocenters. The van der Waals surface area contributed by atoms with E-state index in [2.05, 4.69) is 23.7 Å². The van der Waals surface area contributed by atoms with Crippen LogP contribution >= 0.6 is 24.8 Å². The number of nitrogens with one attached hydrogen (secondary N) is 1. The predicted octanol–water partition coefficient (Wildman–Crippen LogP) is 3.08. The summed E-state index contributed by atoms with van der Waals surface area (Å²) in [5.41, 5.74) is 3.25. The lowest BCUT2D eigenvalue weighted by molar-refractivity contribution is 1.29. The SMILES string of the molecule is Cc1[nH]c2ccccc2c1C(=S)S. The standard InChI is InChI=1S/C10H9NS2/c1-6-9(10(12)13)7-4-2-3-5-8(7)11-6/h2-5,11H,1H3,(H,12,13). The molecule has 1 nitrogen and oxygen atoms in total. The highest BCUT2D eigenvalue weighted by molar-refractivity contribution is 8.11. The number of aromatic amines is 1. The number of aryl methyl sites for hydroxylation is 1. The highest BCUT2D eigenvalue weighted by Gasteiger charge is 2.08. The molecule has 0 bridgehead atoms. The van der Waals surface area contributed by atoms with Gasteiger partial charge >= 0.3 is 0 Å². The first-order valence-electron chi connectivity index (χ1n) is 4.01. The van der Waals surface area contributed by atoms with E-state index in [0.717, 1.165) is 22.2 Å². The van der Waals surface area contributed by atoms with Crippen molar-refractivity contribution in [2.24, 2.45) is 0 Å². The summed E-state index contributed by atoms with van der Waals surface area (Å²) in [6.07, 6.45) is 0. The third kappa shape index (κ3) is 1.38. The fourth-order valence-corrected chi connectivity index (χ4v) is 2.10. The predicted molar refractivity (Wildman–Crippen MR) is 63.7 cm³/mol. The van der Waals surface area contributed by atoms with E-state index in [1.54, 1.807) is 0 Å². The Morgan fingerprint density at radius 2 is 2.08 bits per heavy atom. The summed E-state index contributed by atoms with van der Waals surface area (Å²) in [6, 6.07) is 8.10. The van der Waals surface area contributed by atoms with Crippen LogP contribution in [0.4, 0.5) is 0 Å². The number of fused-ring (bicyclic) bond motifs is 1. The molecule has 0 unspecified atom stereocenters. The molecule has 0 radical (unpaired) electrons. The average molecular weight is 207 g/mol. The Labute approximate surface area is 87.6 Å². The van der Waals surface area contributed by atoms with E-state index in [1.807, 2.05) is 25.1 Å². The van der Waals surface area contributed by atoms with Gasteiger partial charge in [0.25, 0.3) is 0 Å². The van der Waals surface area contributed by atoms with E-state index in [-0.39, 0.29) is 0 Å². The van der Waals surface area contributed by atoms with Crippen molar-refractivity contribution in [3.8, 4) is 0 Å². The maximum Gasteiger partial charge on any atom is 0.0772 e. The van der Waals surface area contributed by atoms with Gasteiger partial charge in [-0.25, -0.2) is 0 Å². The number of aromatic nitrogens is 1. The first-order valence-corrected chi connectivity index (χ1v) is 4.86. The number of thiol groups is 1. The van der Waals surface area contributed by atoms with Crippen LogP contribution in [0.3, 0.4) is 0 Å². The van der Waals surface area contributed by atoms with E-state index in [9.17, 15) is 0 Å². The zero-order valence-electron chi connectivity index (χ0n) is 7.16. The number of hydrogen-bond acceptors (Lipinski definition) is 1. The molecule has 1 heterocycles. The fourth-order valence-electron chi connectivity index (χ4n) is 1.55. The summed E-state index contributed by atoms with van der Waals surface area (Å²) >= 11 is 9.29. The highest BCUT2D eigenvalue weighted by Crippen LogP contribution is 2.23. The van der Waals surface area contributed by atoms with Crippen molar-refractivity contribution in [3.05, 3.63) is 35.5 Å². The Bertz CT molecular complexity index is 471. The van der Waals surface area contributed by atoms with Crippen LogP contribution in [0.5, 0.6) is 0 Å². The maximum atomic E-state index is 5.07. The van der Waals surface area contributed by atoms with Gasteiger partial charge < -0.3 is 4.98 Å². The van der Waals surface area contributed by atoms with E-state index in [4.69, 9.17) is 12.2 Å². The van der Waals surface area contributed by atoms with Gasteiger partial charge in [0.1, 0.15) is 0 Å². The van der Waals surface area contributed by atoms with Crippen molar-refractivity contribution in [2.75, 3.05) is 0 Å². The van der Waals surface area contributed by atoms with Crippen molar-refractivity contribution in [3.63, 3.8) is 0 Å². The lowest BCUT2D eigenvalue weighted by Crippen LogP contribution is -1.87. The van der Waals surface area contributed by atoms with Crippen LogP contribution in [0.2, 0.25) is 0 Å². The molecular weight excluding hydrogens is 198 g/mol. The first kappa shape index (κ1) is 8.78. The van der Waals surface area contributed by atoms with Crippen molar-refractivity contribution in [1.29, 1.82) is 0 Å². The number of para-hydroxylation sites is 1. The minimum atomic E-state index is 0.648.